The molecule has 4 atom stereocenters. The Morgan fingerprint density at radius 2 is 1.70 bits per heavy atom. The number of anilines is 1. The van der Waals surface area contributed by atoms with Crippen LogP contribution < -0.4 is 10.2 Å². The minimum atomic E-state index is -3.60. The third-order valence-corrected chi connectivity index (χ3v) is 13.5. The van der Waals surface area contributed by atoms with Gasteiger partial charge in [-0.1, -0.05) is 32.0 Å². The molecule has 9 nitrogen and oxygen atoms in total. The molecule has 4 rings (SSSR count). The maximum absolute atomic E-state index is 14.1. The molecule has 2 saturated carbocycles. The third-order valence-electron chi connectivity index (χ3n) is 10.5. The number of piperazine rings is 1. The van der Waals surface area contributed by atoms with Gasteiger partial charge in [-0.2, -0.15) is 4.31 Å². The van der Waals surface area contributed by atoms with Crippen molar-refractivity contribution in [1.29, 1.82) is 0 Å². The van der Waals surface area contributed by atoms with Crippen molar-refractivity contribution in [3.05, 3.63) is 29.8 Å². The standard InChI is InChI=1S/C29H48N4O5S2/c1-22-10-8-9-11-24(22)32-15-17-33(18-16-32)40(37,38)21-29-14-12-23(27(29,2)3)20-28(29,4)30-26(34)25(31(5)6)13-19-39(7,35)36/h8-11,23,25H,12-21H2,1-7H3,(H,30,34)/t23-,25-,28-,29+/m0/s1. The first-order valence-electron chi connectivity index (χ1n) is 14.4. The third kappa shape index (κ3) is 5.68. The van der Waals surface area contributed by atoms with Gasteiger partial charge in [-0.15, -0.1) is 0 Å². The molecular weight excluding hydrogens is 548 g/mol. The van der Waals surface area contributed by atoms with Gasteiger partial charge in [0, 0.05) is 49.1 Å². The molecule has 1 amide bonds. The SMILES string of the molecule is Cc1ccccc1N1CCN(S(=O)(=O)C[C@@]23CC[C@@H](C[C@]2(C)NC(=O)[C@H](CCS(C)(=O)=O)N(C)C)C3(C)C)CC1. The summed E-state index contributed by atoms with van der Waals surface area (Å²) in [5.41, 5.74) is 0.717. The highest BCUT2D eigenvalue weighted by molar-refractivity contribution is 7.90. The predicted molar refractivity (Wildman–Crippen MR) is 161 cm³/mol. The smallest absolute Gasteiger partial charge is 0.237 e. The van der Waals surface area contributed by atoms with Crippen LogP contribution in [0, 0.1) is 23.7 Å². The predicted octanol–water partition coefficient (Wildman–Crippen LogP) is 2.51. The Bertz CT molecular complexity index is 1320. The lowest BCUT2D eigenvalue weighted by Crippen LogP contribution is -2.64. The Hall–Kier alpha value is -1.69. The van der Waals surface area contributed by atoms with E-state index in [9.17, 15) is 21.6 Å². The molecule has 2 bridgehead atoms. The number of sulfonamides is 1. The van der Waals surface area contributed by atoms with Crippen molar-refractivity contribution in [2.75, 3.05) is 62.9 Å². The molecule has 2 aliphatic carbocycles. The summed E-state index contributed by atoms with van der Waals surface area (Å²) < 4.78 is 53.4. The molecule has 3 aliphatic rings. The lowest BCUT2D eigenvalue weighted by molar-refractivity contribution is -0.129. The number of nitrogens with zero attached hydrogens (tertiary/aromatic N) is 3. The summed E-state index contributed by atoms with van der Waals surface area (Å²) in [7, 11) is -3.28. The Kier molecular flexibility index (Phi) is 8.48. The fourth-order valence-corrected chi connectivity index (χ4v) is 11.0. The average molecular weight is 597 g/mol. The summed E-state index contributed by atoms with van der Waals surface area (Å²) in [6.45, 7) is 10.6. The van der Waals surface area contributed by atoms with Crippen molar-refractivity contribution >= 4 is 31.5 Å². The molecule has 40 heavy (non-hydrogen) atoms. The molecule has 1 aliphatic heterocycles. The van der Waals surface area contributed by atoms with Gasteiger partial charge in [0.25, 0.3) is 0 Å². The molecule has 11 heteroatoms. The highest BCUT2D eigenvalue weighted by atomic mass is 32.2. The minimum Gasteiger partial charge on any atom is -0.369 e. The molecule has 1 saturated heterocycles. The maximum atomic E-state index is 14.1. The Morgan fingerprint density at radius 1 is 1.07 bits per heavy atom. The molecule has 0 unspecified atom stereocenters. The van der Waals surface area contributed by atoms with Crippen molar-refractivity contribution in [1.82, 2.24) is 14.5 Å². The van der Waals surface area contributed by atoms with Crippen LogP contribution in [0.15, 0.2) is 24.3 Å². The monoisotopic (exact) mass is 596 g/mol. The zero-order chi connectivity index (χ0) is 29.7. The summed E-state index contributed by atoms with van der Waals surface area (Å²) in [6.07, 6.45) is 3.77. The van der Waals surface area contributed by atoms with E-state index in [0.29, 0.717) is 38.5 Å². The number of hydrogen-bond acceptors (Lipinski definition) is 7. The van der Waals surface area contributed by atoms with Crippen LogP contribution in [-0.4, -0.2) is 102 Å². The van der Waals surface area contributed by atoms with Crippen LogP contribution in [0.3, 0.4) is 0 Å². The number of carbonyl (C=O) groups excluding carboxylic acids is 1. The second-order valence-corrected chi connectivity index (χ2v) is 17.6. The van der Waals surface area contributed by atoms with E-state index in [1.165, 1.54) is 11.8 Å². The second-order valence-electron chi connectivity index (χ2n) is 13.4. The summed E-state index contributed by atoms with van der Waals surface area (Å²) in [5, 5.41) is 3.29. The van der Waals surface area contributed by atoms with Crippen molar-refractivity contribution in [3.8, 4) is 0 Å². The number of fused-ring (bicyclic) bond motifs is 2. The van der Waals surface area contributed by atoms with Gasteiger partial charge < -0.3 is 10.2 Å². The molecule has 226 valence electrons. The largest absolute Gasteiger partial charge is 0.369 e. The highest BCUT2D eigenvalue weighted by Crippen LogP contribution is 2.70. The van der Waals surface area contributed by atoms with Crippen molar-refractivity contribution in [2.45, 2.75) is 65.0 Å². The maximum Gasteiger partial charge on any atom is 0.237 e. The van der Waals surface area contributed by atoms with Crippen LogP contribution in [0.2, 0.25) is 0 Å². The number of hydrogen-bond donors (Lipinski definition) is 1. The minimum absolute atomic E-state index is 0.000610. The van der Waals surface area contributed by atoms with Gasteiger partial charge >= 0.3 is 0 Å². The summed E-state index contributed by atoms with van der Waals surface area (Å²) in [4.78, 5) is 17.7. The Morgan fingerprint density at radius 3 is 2.25 bits per heavy atom. The van der Waals surface area contributed by atoms with Gasteiger partial charge in [0.1, 0.15) is 9.84 Å². The van der Waals surface area contributed by atoms with Crippen LogP contribution in [-0.2, 0) is 24.7 Å². The molecule has 0 aromatic heterocycles. The van der Waals surface area contributed by atoms with Crippen molar-refractivity contribution in [3.63, 3.8) is 0 Å². The first-order valence-corrected chi connectivity index (χ1v) is 18.0. The summed E-state index contributed by atoms with van der Waals surface area (Å²) in [5.74, 6) is -0.00855. The van der Waals surface area contributed by atoms with Gasteiger partial charge in [0.05, 0.1) is 17.5 Å². The molecular formula is C29H48N4O5S2. The summed E-state index contributed by atoms with van der Waals surface area (Å²) >= 11 is 0. The molecule has 1 aromatic rings. The van der Waals surface area contributed by atoms with E-state index in [1.807, 2.05) is 19.1 Å². The first-order chi connectivity index (χ1) is 18.4. The molecule has 1 heterocycles. The topological polar surface area (TPSA) is 107 Å². The average Bonchev–Trinajstić information content (AvgIpc) is 3.16. The van der Waals surface area contributed by atoms with Gasteiger partial charge in [-0.05, 0) is 76.6 Å². The van der Waals surface area contributed by atoms with Crippen LogP contribution in [0.4, 0.5) is 5.69 Å². The van der Waals surface area contributed by atoms with Crippen LogP contribution in [0.5, 0.6) is 0 Å². The van der Waals surface area contributed by atoms with Crippen LogP contribution in [0.25, 0.3) is 0 Å². The highest BCUT2D eigenvalue weighted by Gasteiger charge is 2.71. The number of nitrogens with one attached hydrogen (secondary N) is 1. The molecule has 1 N–H and O–H groups in total. The van der Waals surface area contributed by atoms with E-state index in [1.54, 1.807) is 23.3 Å². The normalized spacial score (nSPS) is 29.6. The van der Waals surface area contributed by atoms with Gasteiger partial charge in [0.2, 0.25) is 15.9 Å². The fourth-order valence-electron chi connectivity index (χ4n) is 7.95. The van der Waals surface area contributed by atoms with Crippen molar-refractivity contribution < 1.29 is 21.6 Å². The van der Waals surface area contributed by atoms with E-state index >= 15 is 0 Å². The lowest BCUT2D eigenvalue weighted by atomic mass is 9.63. The van der Waals surface area contributed by atoms with E-state index in [2.05, 4.69) is 43.1 Å². The number of para-hydroxylation sites is 1. The number of amides is 1. The fraction of sp³-hybridized carbons (Fsp3) is 0.759. The quantitative estimate of drug-likeness (QED) is 0.442. The number of rotatable bonds is 10. The van der Waals surface area contributed by atoms with Crippen molar-refractivity contribution in [2.24, 2.45) is 16.7 Å². The summed E-state index contributed by atoms with van der Waals surface area (Å²) in [6, 6.07) is 7.58. The van der Waals surface area contributed by atoms with E-state index in [0.717, 1.165) is 18.5 Å². The Balaban J connectivity index is 1.54. The molecule has 0 spiro atoms. The number of benzene rings is 1. The molecule has 3 fully saturated rings. The van der Waals surface area contributed by atoms with E-state index in [4.69, 9.17) is 0 Å². The van der Waals surface area contributed by atoms with Crippen LogP contribution >= 0.6 is 0 Å². The van der Waals surface area contributed by atoms with Gasteiger partial charge in [-0.25, -0.2) is 16.8 Å². The first kappa shape index (κ1) is 31.3. The number of aryl methyl sites for hydroxylation is 1. The van der Waals surface area contributed by atoms with Gasteiger partial charge in [0.15, 0.2) is 0 Å². The number of carbonyl (C=O) groups is 1. The number of likely N-dealkylation sites (N-methyl/N-ethyl adjacent to an activating group) is 1. The zero-order valence-corrected chi connectivity index (χ0v) is 26.9. The second kappa shape index (κ2) is 10.9. The zero-order valence-electron chi connectivity index (χ0n) is 25.2. The number of sulfone groups is 1. The van der Waals surface area contributed by atoms with Gasteiger partial charge in [-0.3, -0.25) is 9.69 Å². The van der Waals surface area contributed by atoms with Crippen LogP contribution in [0.1, 0.15) is 52.0 Å². The molecule has 0 radical (unpaired) electrons. The van der Waals surface area contributed by atoms with E-state index in [-0.39, 0.29) is 29.2 Å². The van der Waals surface area contributed by atoms with E-state index < -0.39 is 36.9 Å². The molecule has 1 aromatic carbocycles. The lowest BCUT2D eigenvalue weighted by Gasteiger charge is -2.50. The Labute approximate surface area is 241 Å².